The lowest BCUT2D eigenvalue weighted by molar-refractivity contribution is -0.0618. The molecule has 1 aromatic carbocycles. The van der Waals surface area contributed by atoms with Crippen LogP contribution in [-0.4, -0.2) is 34.2 Å². The quantitative estimate of drug-likeness (QED) is 0.814. The number of H-pyrrole nitrogens is 1. The lowest BCUT2D eigenvalue weighted by atomic mass is 9.64. The summed E-state index contributed by atoms with van der Waals surface area (Å²) in [6, 6.07) is 8.74. The van der Waals surface area contributed by atoms with Crippen LogP contribution < -0.4 is 0 Å². The first-order valence-corrected chi connectivity index (χ1v) is 9.85. The first-order chi connectivity index (χ1) is 12.2. The van der Waals surface area contributed by atoms with Crippen molar-refractivity contribution in [2.75, 3.05) is 13.1 Å². The Morgan fingerprint density at radius 1 is 1.28 bits per heavy atom. The number of aliphatic hydroxyl groups excluding tert-OH is 1. The standard InChI is InChI=1S/C22H28N2O/c1-2-10-22-13-16-12-17(25)8-7-15(16)14-24(22)11-9-19-18-5-3-4-6-20(18)23-21(19)22/h2-6,15-17,23,25H,1,7-14H2/t15-,16-,17+,22?/m0/s1. The number of benzene rings is 1. The van der Waals surface area contributed by atoms with Gasteiger partial charge >= 0.3 is 0 Å². The van der Waals surface area contributed by atoms with Crippen LogP contribution in [0.2, 0.25) is 0 Å². The number of nitrogens with one attached hydrogen (secondary N) is 1. The van der Waals surface area contributed by atoms with Crippen molar-refractivity contribution in [3.8, 4) is 0 Å². The Hall–Kier alpha value is -1.58. The molecule has 3 heteroatoms. The Morgan fingerprint density at radius 3 is 3.04 bits per heavy atom. The first-order valence-electron chi connectivity index (χ1n) is 9.85. The number of nitrogens with zero attached hydrogens (tertiary/aromatic N) is 1. The second kappa shape index (κ2) is 5.72. The number of aliphatic hydroxyl groups is 1. The highest BCUT2D eigenvalue weighted by atomic mass is 16.3. The van der Waals surface area contributed by atoms with Crippen LogP contribution in [0.25, 0.3) is 10.9 Å². The molecule has 132 valence electrons. The van der Waals surface area contributed by atoms with E-state index in [9.17, 15) is 5.11 Å². The summed E-state index contributed by atoms with van der Waals surface area (Å²) in [6.07, 6.45) is 8.44. The average molecular weight is 336 g/mol. The van der Waals surface area contributed by atoms with Crippen LogP contribution >= 0.6 is 0 Å². The lowest BCUT2D eigenvalue weighted by Crippen LogP contribution is -2.58. The van der Waals surface area contributed by atoms with Crippen LogP contribution in [0.4, 0.5) is 0 Å². The van der Waals surface area contributed by atoms with Gasteiger partial charge < -0.3 is 10.1 Å². The smallest absolute Gasteiger partial charge is 0.0652 e. The van der Waals surface area contributed by atoms with Gasteiger partial charge in [-0.05, 0) is 62.0 Å². The number of para-hydroxylation sites is 1. The molecule has 3 aliphatic rings. The Balaban J connectivity index is 1.63. The van der Waals surface area contributed by atoms with Gasteiger partial charge in [0.05, 0.1) is 11.6 Å². The van der Waals surface area contributed by atoms with E-state index in [2.05, 4.69) is 46.8 Å². The van der Waals surface area contributed by atoms with E-state index in [4.69, 9.17) is 0 Å². The molecule has 3 heterocycles. The minimum Gasteiger partial charge on any atom is -0.393 e. The molecular formula is C22H28N2O. The Labute approximate surface area is 149 Å². The molecular weight excluding hydrogens is 308 g/mol. The van der Waals surface area contributed by atoms with Crippen molar-refractivity contribution in [2.24, 2.45) is 11.8 Å². The van der Waals surface area contributed by atoms with Crippen molar-refractivity contribution >= 4 is 10.9 Å². The van der Waals surface area contributed by atoms with E-state index >= 15 is 0 Å². The molecule has 0 amide bonds. The SMILES string of the molecule is C=CCC12C[C@@H]3C[C@H](O)CC[C@H]3CN1CCc1c2[nH]c2ccccc12. The largest absolute Gasteiger partial charge is 0.393 e. The Bertz CT molecular complexity index is 809. The van der Waals surface area contributed by atoms with Crippen LogP contribution in [0.15, 0.2) is 36.9 Å². The van der Waals surface area contributed by atoms with Gasteiger partial charge in [-0.25, -0.2) is 0 Å². The van der Waals surface area contributed by atoms with E-state index in [0.717, 1.165) is 44.6 Å². The summed E-state index contributed by atoms with van der Waals surface area (Å²) in [4.78, 5) is 6.54. The van der Waals surface area contributed by atoms with E-state index in [1.165, 1.54) is 35.1 Å². The second-order valence-corrected chi connectivity index (χ2v) is 8.44. The maximum absolute atomic E-state index is 10.2. The summed E-state index contributed by atoms with van der Waals surface area (Å²) in [5.74, 6) is 1.39. The van der Waals surface area contributed by atoms with Gasteiger partial charge in [0.15, 0.2) is 0 Å². The number of piperidine rings is 1. The summed E-state index contributed by atoms with van der Waals surface area (Å²) >= 11 is 0. The van der Waals surface area contributed by atoms with Gasteiger partial charge in [0.25, 0.3) is 0 Å². The lowest BCUT2D eigenvalue weighted by Gasteiger charge is -2.56. The topological polar surface area (TPSA) is 39.3 Å². The van der Waals surface area contributed by atoms with Gasteiger partial charge in [-0.15, -0.1) is 6.58 Å². The predicted molar refractivity (Wildman–Crippen MR) is 102 cm³/mol. The number of hydrogen-bond acceptors (Lipinski definition) is 2. The third kappa shape index (κ3) is 2.25. The van der Waals surface area contributed by atoms with E-state index in [-0.39, 0.29) is 11.6 Å². The molecule has 2 fully saturated rings. The van der Waals surface area contributed by atoms with Gasteiger partial charge in [0.2, 0.25) is 0 Å². The normalized spacial score (nSPS) is 35.0. The minimum atomic E-state index is -0.0978. The van der Waals surface area contributed by atoms with Crippen LogP contribution in [0, 0.1) is 11.8 Å². The molecule has 0 spiro atoms. The summed E-state index contributed by atoms with van der Waals surface area (Å²) < 4.78 is 0. The number of hydrogen-bond donors (Lipinski definition) is 2. The number of fused-ring (bicyclic) bond motifs is 6. The van der Waals surface area contributed by atoms with E-state index in [1.54, 1.807) is 0 Å². The van der Waals surface area contributed by atoms with E-state index < -0.39 is 0 Å². The highest BCUT2D eigenvalue weighted by Crippen LogP contribution is 2.52. The van der Waals surface area contributed by atoms with Crippen molar-refractivity contribution < 1.29 is 5.11 Å². The molecule has 1 aromatic heterocycles. The number of aromatic amines is 1. The molecule has 1 saturated carbocycles. The molecule has 4 atom stereocenters. The molecule has 3 nitrogen and oxygen atoms in total. The van der Waals surface area contributed by atoms with Gasteiger partial charge in [0.1, 0.15) is 0 Å². The van der Waals surface area contributed by atoms with Gasteiger partial charge in [-0.1, -0.05) is 24.3 Å². The molecule has 2 aliphatic heterocycles. The molecule has 1 saturated heterocycles. The Kier molecular flexibility index (Phi) is 3.58. The van der Waals surface area contributed by atoms with Gasteiger partial charge in [0, 0.05) is 29.7 Å². The fourth-order valence-electron chi connectivity index (χ4n) is 6.04. The van der Waals surface area contributed by atoms with E-state index in [0.29, 0.717) is 5.92 Å². The minimum absolute atomic E-state index is 0.0482. The second-order valence-electron chi connectivity index (χ2n) is 8.44. The molecule has 1 aliphatic carbocycles. The van der Waals surface area contributed by atoms with Crippen LogP contribution in [-0.2, 0) is 12.0 Å². The molecule has 2 N–H and O–H groups in total. The monoisotopic (exact) mass is 336 g/mol. The molecule has 1 unspecified atom stereocenters. The molecule has 0 radical (unpaired) electrons. The number of rotatable bonds is 2. The maximum Gasteiger partial charge on any atom is 0.0652 e. The van der Waals surface area contributed by atoms with Gasteiger partial charge in [-0.3, -0.25) is 4.90 Å². The zero-order chi connectivity index (χ0) is 17.0. The van der Waals surface area contributed by atoms with E-state index in [1.807, 2.05) is 0 Å². The zero-order valence-electron chi connectivity index (χ0n) is 14.9. The van der Waals surface area contributed by atoms with Crippen molar-refractivity contribution in [1.29, 1.82) is 0 Å². The number of aromatic nitrogens is 1. The third-order valence-electron chi connectivity index (χ3n) is 7.17. The Morgan fingerprint density at radius 2 is 2.16 bits per heavy atom. The molecule has 0 bridgehead atoms. The third-order valence-corrected chi connectivity index (χ3v) is 7.17. The molecule has 5 rings (SSSR count). The van der Waals surface area contributed by atoms with Crippen molar-refractivity contribution in [3.63, 3.8) is 0 Å². The zero-order valence-corrected chi connectivity index (χ0v) is 14.9. The highest BCUT2D eigenvalue weighted by molar-refractivity contribution is 5.85. The maximum atomic E-state index is 10.2. The van der Waals surface area contributed by atoms with Crippen LogP contribution in [0.5, 0.6) is 0 Å². The highest BCUT2D eigenvalue weighted by Gasteiger charge is 2.51. The predicted octanol–water partition coefficient (Wildman–Crippen LogP) is 3.98. The summed E-state index contributed by atoms with van der Waals surface area (Å²) in [6.45, 7) is 6.42. The first kappa shape index (κ1) is 15.7. The summed E-state index contributed by atoms with van der Waals surface area (Å²) in [7, 11) is 0. The van der Waals surface area contributed by atoms with Crippen molar-refractivity contribution in [1.82, 2.24) is 9.88 Å². The summed E-state index contributed by atoms with van der Waals surface area (Å²) in [5, 5.41) is 11.6. The molecule has 25 heavy (non-hydrogen) atoms. The summed E-state index contributed by atoms with van der Waals surface area (Å²) in [5.41, 5.74) is 4.26. The fraction of sp³-hybridized carbons (Fsp3) is 0.545. The van der Waals surface area contributed by atoms with Crippen molar-refractivity contribution in [2.45, 2.75) is 50.2 Å². The fourth-order valence-corrected chi connectivity index (χ4v) is 6.04. The van der Waals surface area contributed by atoms with Crippen LogP contribution in [0.3, 0.4) is 0 Å². The van der Waals surface area contributed by atoms with Crippen molar-refractivity contribution in [3.05, 3.63) is 48.2 Å². The van der Waals surface area contributed by atoms with Crippen LogP contribution in [0.1, 0.15) is 43.4 Å². The average Bonchev–Trinajstić information content (AvgIpc) is 3.00. The van der Waals surface area contributed by atoms with Gasteiger partial charge in [-0.2, -0.15) is 0 Å². The molecule has 2 aromatic rings.